The van der Waals surface area contributed by atoms with Crippen LogP contribution in [-0.2, 0) is 11.2 Å². The number of nitrogens with one attached hydrogen (secondary N) is 1. The lowest BCUT2D eigenvalue weighted by molar-refractivity contribution is -0.111. The molecule has 1 aromatic carbocycles. The molecule has 0 fully saturated rings. The summed E-state index contributed by atoms with van der Waals surface area (Å²) < 4.78 is 10.5. The summed E-state index contributed by atoms with van der Waals surface area (Å²) in [4.78, 5) is 29.6. The van der Waals surface area contributed by atoms with Crippen molar-refractivity contribution >= 4 is 34.2 Å². The molecular formula is C20H22N2O4S. The van der Waals surface area contributed by atoms with Gasteiger partial charge in [0.05, 0.1) is 24.8 Å². The Balaban J connectivity index is 1.72. The summed E-state index contributed by atoms with van der Waals surface area (Å²) in [6, 6.07) is 5.35. The van der Waals surface area contributed by atoms with Crippen molar-refractivity contribution in [3.8, 4) is 11.5 Å². The van der Waals surface area contributed by atoms with Crippen LogP contribution in [0.5, 0.6) is 11.5 Å². The number of aromatic nitrogens is 1. The molecule has 0 radical (unpaired) electrons. The standard InChI is InChI=1S/C20H22N2O4S/c1-20(2)10-14-18(15(23)11-20)27-19(21-14)22-17(24)8-6-12-5-7-13(25-3)9-16(12)26-4/h5-9H,10-11H2,1-4H3,(H,21,22,24)/b8-6+. The van der Waals surface area contributed by atoms with Crippen LogP contribution in [0.3, 0.4) is 0 Å². The van der Waals surface area contributed by atoms with E-state index in [4.69, 9.17) is 9.47 Å². The van der Waals surface area contributed by atoms with Gasteiger partial charge in [-0.05, 0) is 30.0 Å². The van der Waals surface area contributed by atoms with E-state index < -0.39 is 0 Å². The number of ketones is 1. The van der Waals surface area contributed by atoms with E-state index in [1.165, 1.54) is 17.4 Å². The third-order valence-corrected chi connectivity index (χ3v) is 5.37. The highest BCUT2D eigenvalue weighted by Crippen LogP contribution is 2.38. The van der Waals surface area contributed by atoms with Crippen molar-refractivity contribution < 1.29 is 19.1 Å². The van der Waals surface area contributed by atoms with Crippen LogP contribution in [0.15, 0.2) is 24.3 Å². The van der Waals surface area contributed by atoms with Crippen molar-refractivity contribution in [1.82, 2.24) is 4.98 Å². The molecule has 3 rings (SSSR count). The van der Waals surface area contributed by atoms with Crippen molar-refractivity contribution in [2.45, 2.75) is 26.7 Å². The number of amides is 1. The quantitative estimate of drug-likeness (QED) is 0.787. The largest absolute Gasteiger partial charge is 0.497 e. The number of benzene rings is 1. The zero-order valence-corrected chi connectivity index (χ0v) is 16.6. The lowest BCUT2D eigenvalue weighted by Gasteiger charge is -2.26. The van der Waals surface area contributed by atoms with Gasteiger partial charge in [-0.25, -0.2) is 4.98 Å². The SMILES string of the molecule is COc1ccc(/C=C/C(=O)Nc2nc3c(s2)C(=O)CC(C)(C)C3)c(OC)c1. The second-order valence-electron chi connectivity index (χ2n) is 7.17. The minimum Gasteiger partial charge on any atom is -0.497 e. The van der Waals surface area contributed by atoms with E-state index in [9.17, 15) is 9.59 Å². The van der Waals surface area contributed by atoms with Crippen LogP contribution in [0.1, 0.15) is 41.2 Å². The van der Waals surface area contributed by atoms with E-state index in [0.717, 1.165) is 17.7 Å². The van der Waals surface area contributed by atoms with Crippen LogP contribution in [0, 0.1) is 5.41 Å². The van der Waals surface area contributed by atoms with Gasteiger partial charge in [-0.3, -0.25) is 14.9 Å². The maximum absolute atomic E-state index is 12.3. The van der Waals surface area contributed by atoms with Crippen molar-refractivity contribution in [3.63, 3.8) is 0 Å². The minimum atomic E-state index is -0.314. The first-order valence-corrected chi connectivity index (χ1v) is 9.37. The van der Waals surface area contributed by atoms with E-state index in [-0.39, 0.29) is 17.1 Å². The Morgan fingerprint density at radius 3 is 2.74 bits per heavy atom. The number of fused-ring (bicyclic) bond motifs is 1. The fourth-order valence-corrected chi connectivity index (χ4v) is 3.96. The average molecular weight is 386 g/mol. The van der Waals surface area contributed by atoms with Gasteiger partial charge in [0.2, 0.25) is 5.91 Å². The number of thiazole rings is 1. The highest BCUT2D eigenvalue weighted by atomic mass is 32.1. The molecule has 1 aliphatic carbocycles. The lowest BCUT2D eigenvalue weighted by atomic mass is 9.78. The normalized spacial score (nSPS) is 15.5. The van der Waals surface area contributed by atoms with Gasteiger partial charge < -0.3 is 9.47 Å². The Morgan fingerprint density at radius 2 is 2.04 bits per heavy atom. The fourth-order valence-electron chi connectivity index (χ4n) is 3.04. The van der Waals surface area contributed by atoms with Crippen LogP contribution in [-0.4, -0.2) is 30.9 Å². The van der Waals surface area contributed by atoms with Gasteiger partial charge in [-0.1, -0.05) is 25.2 Å². The zero-order chi connectivity index (χ0) is 19.6. The van der Waals surface area contributed by atoms with Crippen molar-refractivity contribution in [2.24, 2.45) is 5.41 Å². The van der Waals surface area contributed by atoms with E-state index in [0.29, 0.717) is 27.9 Å². The number of anilines is 1. The van der Waals surface area contributed by atoms with Crippen LogP contribution < -0.4 is 14.8 Å². The summed E-state index contributed by atoms with van der Waals surface area (Å²) in [6.07, 6.45) is 4.32. The number of carbonyl (C=O) groups is 2. The minimum absolute atomic E-state index is 0.0930. The Kier molecular flexibility index (Phi) is 5.32. The number of nitrogens with zero attached hydrogens (tertiary/aromatic N) is 1. The van der Waals surface area contributed by atoms with E-state index in [1.807, 2.05) is 6.07 Å². The van der Waals surface area contributed by atoms with Crippen molar-refractivity contribution in [2.75, 3.05) is 19.5 Å². The maximum Gasteiger partial charge on any atom is 0.250 e. The summed E-state index contributed by atoms with van der Waals surface area (Å²) in [7, 11) is 3.14. The van der Waals surface area contributed by atoms with Crippen molar-refractivity contribution in [1.29, 1.82) is 0 Å². The molecule has 142 valence electrons. The van der Waals surface area contributed by atoms with Crippen LogP contribution in [0.4, 0.5) is 5.13 Å². The smallest absolute Gasteiger partial charge is 0.250 e. The summed E-state index contributed by atoms with van der Waals surface area (Å²) in [5.74, 6) is 1.06. The topological polar surface area (TPSA) is 77.5 Å². The van der Waals surface area contributed by atoms with E-state index in [1.54, 1.807) is 32.4 Å². The third kappa shape index (κ3) is 4.36. The number of methoxy groups -OCH3 is 2. The number of rotatable bonds is 5. The lowest BCUT2D eigenvalue weighted by Crippen LogP contribution is -2.26. The number of hydrogen-bond donors (Lipinski definition) is 1. The third-order valence-electron chi connectivity index (χ3n) is 4.32. The molecule has 1 N–H and O–H groups in total. The number of Topliss-reactive ketones (excluding diaryl/α,β-unsaturated/α-hetero) is 1. The van der Waals surface area contributed by atoms with E-state index in [2.05, 4.69) is 24.1 Å². The van der Waals surface area contributed by atoms with Crippen LogP contribution in [0.2, 0.25) is 0 Å². The molecule has 1 aromatic heterocycles. The molecule has 1 heterocycles. The molecule has 2 aromatic rings. The molecule has 0 saturated heterocycles. The molecule has 7 heteroatoms. The van der Waals surface area contributed by atoms with Crippen LogP contribution >= 0.6 is 11.3 Å². The van der Waals surface area contributed by atoms with Gasteiger partial charge in [0, 0.05) is 24.1 Å². The van der Waals surface area contributed by atoms with Gasteiger partial charge >= 0.3 is 0 Å². The highest BCUT2D eigenvalue weighted by Gasteiger charge is 2.33. The molecule has 0 spiro atoms. The Bertz CT molecular complexity index is 915. The van der Waals surface area contributed by atoms with Crippen LogP contribution in [0.25, 0.3) is 6.08 Å². The molecule has 0 saturated carbocycles. The highest BCUT2D eigenvalue weighted by molar-refractivity contribution is 7.17. The molecular weight excluding hydrogens is 364 g/mol. The summed E-state index contributed by atoms with van der Waals surface area (Å²) in [6.45, 7) is 4.10. The fraction of sp³-hybridized carbons (Fsp3) is 0.350. The van der Waals surface area contributed by atoms with Gasteiger partial charge in [0.25, 0.3) is 0 Å². The predicted octanol–water partition coefficient (Wildman–Crippen LogP) is 3.97. The maximum atomic E-state index is 12.3. The predicted molar refractivity (Wildman–Crippen MR) is 106 cm³/mol. The molecule has 0 atom stereocenters. The Labute approximate surface area is 162 Å². The number of hydrogen-bond acceptors (Lipinski definition) is 6. The Morgan fingerprint density at radius 1 is 1.26 bits per heavy atom. The van der Waals surface area contributed by atoms with Gasteiger partial charge in [-0.2, -0.15) is 0 Å². The number of ether oxygens (including phenoxy) is 2. The molecule has 1 aliphatic rings. The first-order chi connectivity index (χ1) is 12.8. The second kappa shape index (κ2) is 7.52. The summed E-state index contributed by atoms with van der Waals surface area (Å²) >= 11 is 1.24. The molecule has 1 amide bonds. The molecule has 27 heavy (non-hydrogen) atoms. The monoisotopic (exact) mass is 386 g/mol. The summed E-state index contributed by atoms with van der Waals surface area (Å²) in [5.41, 5.74) is 1.44. The molecule has 6 nitrogen and oxygen atoms in total. The second-order valence-corrected chi connectivity index (χ2v) is 8.17. The summed E-state index contributed by atoms with van der Waals surface area (Å²) in [5, 5.41) is 3.19. The number of carbonyl (C=O) groups excluding carboxylic acids is 2. The first-order valence-electron chi connectivity index (χ1n) is 8.55. The molecule has 0 unspecified atom stereocenters. The average Bonchev–Trinajstić information content (AvgIpc) is 3.01. The van der Waals surface area contributed by atoms with Gasteiger partial charge in [0.15, 0.2) is 10.9 Å². The molecule has 0 bridgehead atoms. The first kappa shape index (κ1) is 19.1. The zero-order valence-electron chi connectivity index (χ0n) is 15.8. The van der Waals surface area contributed by atoms with E-state index >= 15 is 0 Å². The molecule has 0 aliphatic heterocycles. The van der Waals surface area contributed by atoms with Crippen molar-refractivity contribution in [3.05, 3.63) is 40.4 Å². The van der Waals surface area contributed by atoms with Gasteiger partial charge in [-0.15, -0.1) is 0 Å². The van der Waals surface area contributed by atoms with Gasteiger partial charge in [0.1, 0.15) is 11.5 Å². The Hall–Kier alpha value is -2.67.